The van der Waals surface area contributed by atoms with Crippen molar-refractivity contribution in [3.8, 4) is 0 Å². The molecule has 0 aromatic heterocycles. The molecule has 1 aliphatic carbocycles. The lowest BCUT2D eigenvalue weighted by atomic mass is 9.92. The lowest BCUT2D eigenvalue weighted by molar-refractivity contribution is -0.125. The Kier molecular flexibility index (Phi) is 2.83. The highest BCUT2D eigenvalue weighted by Gasteiger charge is 2.21. The number of hydrogen-bond acceptors (Lipinski definition) is 2. The molecule has 1 N–H and O–H groups in total. The second-order valence-electron chi connectivity index (χ2n) is 2.94. The minimum atomic E-state index is -0.788. The topological polar surface area (TPSA) is 37.3 Å². The average Bonchev–Trinajstić information content (AvgIpc) is 1.99. The van der Waals surface area contributed by atoms with Crippen molar-refractivity contribution in [2.24, 2.45) is 0 Å². The van der Waals surface area contributed by atoms with Gasteiger partial charge in [0.2, 0.25) is 0 Å². The van der Waals surface area contributed by atoms with Crippen molar-refractivity contribution in [1.29, 1.82) is 0 Å². The molecule has 0 spiro atoms. The average molecular weight is 154 g/mol. The number of aliphatic hydroxyl groups excluding tert-OH is 1. The first-order chi connectivity index (χ1) is 5.25. The molecular weight excluding hydrogens is 140 g/mol. The Labute approximate surface area is 66.9 Å². The first-order valence-corrected chi connectivity index (χ1v) is 4.15. The molecule has 11 heavy (non-hydrogen) atoms. The molecule has 0 saturated carbocycles. The molecule has 1 rings (SSSR count). The number of Topliss-reactive ketones (excluding diaryl/α,β-unsaturated/α-hetero) is 1. The Morgan fingerprint density at radius 2 is 2.45 bits per heavy atom. The molecule has 2 heteroatoms. The van der Waals surface area contributed by atoms with Crippen LogP contribution in [0.5, 0.6) is 0 Å². The molecule has 0 aliphatic heterocycles. The highest BCUT2D eigenvalue weighted by Crippen LogP contribution is 2.19. The minimum absolute atomic E-state index is 0.0176. The van der Waals surface area contributed by atoms with Gasteiger partial charge in [-0.05, 0) is 18.4 Å². The zero-order valence-corrected chi connectivity index (χ0v) is 6.84. The summed E-state index contributed by atoms with van der Waals surface area (Å²) in [6.45, 7) is 2.05. The maximum Gasteiger partial charge on any atom is 0.165 e. The second kappa shape index (κ2) is 3.67. The van der Waals surface area contributed by atoms with Gasteiger partial charge in [-0.3, -0.25) is 4.79 Å². The van der Waals surface area contributed by atoms with Crippen molar-refractivity contribution in [1.82, 2.24) is 0 Å². The summed E-state index contributed by atoms with van der Waals surface area (Å²) < 4.78 is 0. The van der Waals surface area contributed by atoms with Crippen LogP contribution in [0, 0.1) is 0 Å². The molecule has 1 aliphatic rings. The van der Waals surface area contributed by atoms with Gasteiger partial charge < -0.3 is 5.11 Å². The molecule has 0 fully saturated rings. The van der Waals surface area contributed by atoms with Crippen LogP contribution in [-0.2, 0) is 4.79 Å². The zero-order chi connectivity index (χ0) is 8.27. The highest BCUT2D eigenvalue weighted by molar-refractivity contribution is 5.86. The van der Waals surface area contributed by atoms with Gasteiger partial charge in [0.1, 0.15) is 6.10 Å². The van der Waals surface area contributed by atoms with Gasteiger partial charge in [-0.1, -0.05) is 19.4 Å². The predicted octanol–water partition coefficient (Wildman–Crippen LogP) is 1.44. The molecule has 0 aromatic carbocycles. The van der Waals surface area contributed by atoms with E-state index in [1.165, 1.54) is 0 Å². The van der Waals surface area contributed by atoms with E-state index >= 15 is 0 Å². The largest absolute Gasteiger partial charge is 0.381 e. The molecular formula is C9H14O2. The third kappa shape index (κ3) is 1.90. The van der Waals surface area contributed by atoms with E-state index in [0.717, 1.165) is 24.8 Å². The number of aliphatic hydroxyl groups is 1. The Balaban J connectivity index is 2.62. The fraction of sp³-hybridized carbons (Fsp3) is 0.667. The summed E-state index contributed by atoms with van der Waals surface area (Å²) in [5, 5.41) is 9.35. The summed E-state index contributed by atoms with van der Waals surface area (Å²) >= 11 is 0. The standard InChI is InChI=1S/C9H14O2/c1-2-4-7-5-3-6-8(10)9(7)11/h5,9,11H,2-4,6H2,1H3. The molecule has 0 amide bonds. The quantitative estimate of drug-likeness (QED) is 0.611. The number of carbonyl (C=O) groups is 1. The van der Waals surface area contributed by atoms with Crippen molar-refractivity contribution in [3.63, 3.8) is 0 Å². The van der Waals surface area contributed by atoms with Gasteiger partial charge in [-0.25, -0.2) is 0 Å². The van der Waals surface area contributed by atoms with Gasteiger partial charge in [0.25, 0.3) is 0 Å². The van der Waals surface area contributed by atoms with Crippen LogP contribution in [0.25, 0.3) is 0 Å². The molecule has 62 valence electrons. The monoisotopic (exact) mass is 154 g/mol. The molecule has 2 nitrogen and oxygen atoms in total. The van der Waals surface area contributed by atoms with Crippen molar-refractivity contribution >= 4 is 5.78 Å². The van der Waals surface area contributed by atoms with E-state index in [1.54, 1.807) is 0 Å². The number of hydrogen-bond donors (Lipinski definition) is 1. The lowest BCUT2D eigenvalue weighted by Crippen LogP contribution is -2.25. The van der Waals surface area contributed by atoms with Gasteiger partial charge in [-0.15, -0.1) is 0 Å². The second-order valence-corrected chi connectivity index (χ2v) is 2.94. The lowest BCUT2D eigenvalue weighted by Gasteiger charge is -2.17. The molecule has 1 unspecified atom stereocenters. The van der Waals surface area contributed by atoms with Crippen LogP contribution in [0.1, 0.15) is 32.6 Å². The van der Waals surface area contributed by atoms with E-state index in [0.29, 0.717) is 6.42 Å². The van der Waals surface area contributed by atoms with Gasteiger partial charge in [0.15, 0.2) is 5.78 Å². The van der Waals surface area contributed by atoms with Gasteiger partial charge >= 0.3 is 0 Å². The van der Waals surface area contributed by atoms with Crippen LogP contribution < -0.4 is 0 Å². The normalized spacial score (nSPS) is 25.1. The summed E-state index contributed by atoms with van der Waals surface area (Å²) in [6, 6.07) is 0. The maximum absolute atomic E-state index is 11.0. The van der Waals surface area contributed by atoms with E-state index in [2.05, 4.69) is 0 Å². The highest BCUT2D eigenvalue weighted by atomic mass is 16.3. The van der Waals surface area contributed by atoms with Crippen molar-refractivity contribution in [2.45, 2.75) is 38.7 Å². The third-order valence-corrected chi connectivity index (χ3v) is 1.99. The van der Waals surface area contributed by atoms with Crippen LogP contribution in [0.2, 0.25) is 0 Å². The maximum atomic E-state index is 11.0. The Morgan fingerprint density at radius 3 is 3.09 bits per heavy atom. The van der Waals surface area contributed by atoms with E-state index in [9.17, 15) is 9.90 Å². The third-order valence-electron chi connectivity index (χ3n) is 1.99. The first kappa shape index (κ1) is 8.47. The van der Waals surface area contributed by atoms with E-state index in [-0.39, 0.29) is 5.78 Å². The van der Waals surface area contributed by atoms with Gasteiger partial charge in [0.05, 0.1) is 0 Å². The molecule has 0 saturated heterocycles. The first-order valence-electron chi connectivity index (χ1n) is 4.15. The summed E-state index contributed by atoms with van der Waals surface area (Å²) in [4.78, 5) is 11.0. The van der Waals surface area contributed by atoms with Crippen LogP contribution >= 0.6 is 0 Å². The summed E-state index contributed by atoms with van der Waals surface area (Å²) in [5.74, 6) is -0.0176. The van der Waals surface area contributed by atoms with Crippen LogP contribution in [-0.4, -0.2) is 17.0 Å². The summed E-state index contributed by atoms with van der Waals surface area (Å²) in [6.07, 6.45) is 4.38. The number of ketones is 1. The zero-order valence-electron chi connectivity index (χ0n) is 6.84. The molecule has 0 bridgehead atoms. The minimum Gasteiger partial charge on any atom is -0.381 e. The Hall–Kier alpha value is -0.630. The fourth-order valence-electron chi connectivity index (χ4n) is 1.38. The molecule has 0 aromatic rings. The fourth-order valence-corrected chi connectivity index (χ4v) is 1.38. The van der Waals surface area contributed by atoms with Crippen molar-refractivity contribution in [2.75, 3.05) is 0 Å². The van der Waals surface area contributed by atoms with E-state index in [4.69, 9.17) is 0 Å². The smallest absolute Gasteiger partial charge is 0.165 e. The van der Waals surface area contributed by atoms with Crippen molar-refractivity contribution in [3.05, 3.63) is 11.6 Å². The molecule has 0 radical (unpaired) electrons. The molecule has 1 atom stereocenters. The van der Waals surface area contributed by atoms with Crippen LogP contribution in [0.15, 0.2) is 11.6 Å². The van der Waals surface area contributed by atoms with E-state index < -0.39 is 6.10 Å². The predicted molar refractivity (Wildman–Crippen MR) is 43.2 cm³/mol. The van der Waals surface area contributed by atoms with Crippen LogP contribution in [0.3, 0.4) is 0 Å². The van der Waals surface area contributed by atoms with Gasteiger partial charge in [0, 0.05) is 6.42 Å². The summed E-state index contributed by atoms with van der Waals surface area (Å²) in [7, 11) is 0. The summed E-state index contributed by atoms with van der Waals surface area (Å²) in [5.41, 5.74) is 0.920. The number of allylic oxidation sites excluding steroid dienone is 1. The number of carbonyl (C=O) groups excluding carboxylic acids is 1. The Bertz CT molecular complexity index is 182. The van der Waals surface area contributed by atoms with Crippen LogP contribution in [0.4, 0.5) is 0 Å². The van der Waals surface area contributed by atoms with Crippen molar-refractivity contribution < 1.29 is 9.90 Å². The van der Waals surface area contributed by atoms with E-state index in [1.807, 2.05) is 13.0 Å². The number of rotatable bonds is 2. The van der Waals surface area contributed by atoms with Gasteiger partial charge in [-0.2, -0.15) is 0 Å². The molecule has 0 heterocycles. The Morgan fingerprint density at radius 1 is 1.73 bits per heavy atom. The SMILES string of the molecule is CCCC1=CCCC(=O)C1O.